The number of aliphatic hydroxyl groups excluding tert-OH is 1. The zero-order valence-electron chi connectivity index (χ0n) is 11.3. The van der Waals surface area contributed by atoms with Crippen molar-refractivity contribution in [1.82, 2.24) is 4.90 Å². The molecule has 1 heterocycles. The van der Waals surface area contributed by atoms with Gasteiger partial charge in [-0.05, 0) is 33.2 Å². The molecule has 0 spiro atoms. The van der Waals surface area contributed by atoms with Crippen LogP contribution in [-0.2, 0) is 4.74 Å². The van der Waals surface area contributed by atoms with E-state index in [4.69, 9.17) is 4.74 Å². The second-order valence-corrected chi connectivity index (χ2v) is 5.72. The number of rotatable bonds is 2. The molecule has 0 radical (unpaired) electrons. The number of likely N-dealkylation sites (N-methyl/N-ethyl adjacent to an activating group) is 1. The summed E-state index contributed by atoms with van der Waals surface area (Å²) in [5.41, 5.74) is 0. The topological polar surface area (TPSA) is 32.7 Å². The molecular weight excluding hydrogens is 214 g/mol. The van der Waals surface area contributed by atoms with Crippen molar-refractivity contribution in [2.24, 2.45) is 0 Å². The molecule has 0 aromatic heterocycles. The summed E-state index contributed by atoms with van der Waals surface area (Å²) in [6, 6.07) is 0.832. The lowest BCUT2D eigenvalue weighted by molar-refractivity contribution is 0.00367. The zero-order valence-corrected chi connectivity index (χ0v) is 11.3. The average Bonchev–Trinajstić information content (AvgIpc) is 2.70. The number of nitrogens with zero attached hydrogens (tertiary/aromatic N) is 1. The second kappa shape index (κ2) is 6.17. The molecule has 0 bridgehead atoms. The Morgan fingerprint density at radius 2 is 1.71 bits per heavy atom. The molecule has 2 rings (SSSR count). The molecule has 2 aliphatic rings. The van der Waals surface area contributed by atoms with Crippen LogP contribution in [0.3, 0.4) is 0 Å². The lowest BCUT2D eigenvalue weighted by atomic mass is 9.92. The van der Waals surface area contributed by atoms with E-state index in [1.807, 2.05) is 0 Å². The molecule has 4 unspecified atom stereocenters. The van der Waals surface area contributed by atoms with Gasteiger partial charge in [-0.2, -0.15) is 0 Å². The Hall–Kier alpha value is -0.120. The van der Waals surface area contributed by atoms with Crippen molar-refractivity contribution >= 4 is 0 Å². The largest absolute Gasteiger partial charge is 0.391 e. The summed E-state index contributed by atoms with van der Waals surface area (Å²) in [4.78, 5) is 2.40. The Morgan fingerprint density at radius 3 is 2.35 bits per heavy atom. The van der Waals surface area contributed by atoms with E-state index < -0.39 is 0 Å². The van der Waals surface area contributed by atoms with Crippen LogP contribution in [0.15, 0.2) is 0 Å². The van der Waals surface area contributed by atoms with Crippen LogP contribution in [0.5, 0.6) is 0 Å². The fourth-order valence-corrected chi connectivity index (χ4v) is 3.42. The minimum atomic E-state index is -0.145. The molecule has 3 nitrogen and oxygen atoms in total. The van der Waals surface area contributed by atoms with Crippen LogP contribution in [0.25, 0.3) is 0 Å². The van der Waals surface area contributed by atoms with E-state index in [1.54, 1.807) is 0 Å². The van der Waals surface area contributed by atoms with Crippen molar-refractivity contribution in [1.29, 1.82) is 0 Å². The van der Waals surface area contributed by atoms with E-state index in [-0.39, 0.29) is 6.10 Å². The molecule has 100 valence electrons. The molecule has 0 amide bonds. The van der Waals surface area contributed by atoms with Crippen molar-refractivity contribution in [2.75, 3.05) is 13.7 Å². The molecule has 0 aromatic carbocycles. The maximum absolute atomic E-state index is 10.3. The first-order valence-corrected chi connectivity index (χ1v) is 7.21. The SMILES string of the molecule is CC1OCCC1N(C)C1CCCCCCC1O. The van der Waals surface area contributed by atoms with E-state index in [9.17, 15) is 5.11 Å². The van der Waals surface area contributed by atoms with Gasteiger partial charge in [-0.1, -0.05) is 25.7 Å². The van der Waals surface area contributed by atoms with E-state index in [0.29, 0.717) is 18.2 Å². The highest BCUT2D eigenvalue weighted by molar-refractivity contribution is 4.88. The quantitative estimate of drug-likeness (QED) is 0.804. The summed E-state index contributed by atoms with van der Waals surface area (Å²) in [6.07, 6.45) is 8.45. The van der Waals surface area contributed by atoms with E-state index in [2.05, 4.69) is 18.9 Å². The van der Waals surface area contributed by atoms with Crippen LogP contribution >= 0.6 is 0 Å². The Labute approximate surface area is 105 Å². The van der Waals surface area contributed by atoms with Crippen molar-refractivity contribution in [3.63, 3.8) is 0 Å². The third-order valence-electron chi connectivity index (χ3n) is 4.58. The van der Waals surface area contributed by atoms with E-state index in [1.165, 1.54) is 25.7 Å². The van der Waals surface area contributed by atoms with Crippen molar-refractivity contribution in [3.8, 4) is 0 Å². The highest BCUT2D eigenvalue weighted by Gasteiger charge is 2.34. The fourth-order valence-electron chi connectivity index (χ4n) is 3.42. The van der Waals surface area contributed by atoms with Gasteiger partial charge in [0.15, 0.2) is 0 Å². The normalized spacial score (nSPS) is 40.2. The van der Waals surface area contributed by atoms with Gasteiger partial charge < -0.3 is 9.84 Å². The summed E-state index contributed by atoms with van der Waals surface area (Å²) in [5, 5.41) is 10.3. The van der Waals surface area contributed by atoms with Gasteiger partial charge in [0, 0.05) is 18.7 Å². The van der Waals surface area contributed by atoms with Crippen molar-refractivity contribution < 1.29 is 9.84 Å². The highest BCUT2D eigenvalue weighted by atomic mass is 16.5. The van der Waals surface area contributed by atoms with Gasteiger partial charge in [-0.25, -0.2) is 0 Å². The summed E-state index contributed by atoms with van der Waals surface area (Å²) in [5.74, 6) is 0. The molecule has 1 aliphatic heterocycles. The Morgan fingerprint density at radius 1 is 1.00 bits per heavy atom. The van der Waals surface area contributed by atoms with Gasteiger partial charge in [0.1, 0.15) is 0 Å². The lowest BCUT2D eigenvalue weighted by Crippen LogP contribution is -2.49. The molecule has 17 heavy (non-hydrogen) atoms. The molecule has 1 saturated carbocycles. The molecule has 0 aromatic rings. The first-order valence-electron chi connectivity index (χ1n) is 7.21. The Bertz CT molecular complexity index is 234. The lowest BCUT2D eigenvalue weighted by Gasteiger charge is -2.38. The van der Waals surface area contributed by atoms with Crippen LogP contribution in [0.4, 0.5) is 0 Å². The number of hydrogen-bond donors (Lipinski definition) is 1. The van der Waals surface area contributed by atoms with Crippen molar-refractivity contribution in [2.45, 2.75) is 76.2 Å². The summed E-state index contributed by atoms with van der Waals surface area (Å²) >= 11 is 0. The summed E-state index contributed by atoms with van der Waals surface area (Å²) in [7, 11) is 2.17. The van der Waals surface area contributed by atoms with Gasteiger partial charge in [0.05, 0.1) is 12.2 Å². The summed E-state index contributed by atoms with van der Waals surface area (Å²) in [6.45, 7) is 3.03. The second-order valence-electron chi connectivity index (χ2n) is 5.72. The average molecular weight is 241 g/mol. The molecule has 3 heteroatoms. The minimum absolute atomic E-state index is 0.145. The first-order chi connectivity index (χ1) is 8.20. The van der Waals surface area contributed by atoms with Gasteiger partial charge in [-0.15, -0.1) is 0 Å². The molecule has 1 N–H and O–H groups in total. The predicted molar refractivity (Wildman–Crippen MR) is 69.1 cm³/mol. The van der Waals surface area contributed by atoms with Gasteiger partial charge in [0.25, 0.3) is 0 Å². The van der Waals surface area contributed by atoms with Gasteiger partial charge in [-0.3, -0.25) is 4.90 Å². The predicted octanol–water partition coefficient (Wildman–Crippen LogP) is 2.18. The van der Waals surface area contributed by atoms with Crippen LogP contribution < -0.4 is 0 Å². The molecule has 1 saturated heterocycles. The zero-order chi connectivity index (χ0) is 12.3. The maximum Gasteiger partial charge on any atom is 0.0703 e. The minimum Gasteiger partial charge on any atom is -0.391 e. The maximum atomic E-state index is 10.3. The summed E-state index contributed by atoms with van der Waals surface area (Å²) < 4.78 is 5.65. The monoisotopic (exact) mass is 241 g/mol. The van der Waals surface area contributed by atoms with Crippen LogP contribution in [0.1, 0.15) is 51.9 Å². The van der Waals surface area contributed by atoms with Crippen molar-refractivity contribution in [3.05, 3.63) is 0 Å². The van der Waals surface area contributed by atoms with Gasteiger partial charge >= 0.3 is 0 Å². The third kappa shape index (κ3) is 3.21. The number of hydrogen-bond acceptors (Lipinski definition) is 3. The van der Waals surface area contributed by atoms with E-state index >= 15 is 0 Å². The van der Waals surface area contributed by atoms with E-state index in [0.717, 1.165) is 25.9 Å². The fraction of sp³-hybridized carbons (Fsp3) is 1.00. The third-order valence-corrected chi connectivity index (χ3v) is 4.58. The first kappa shape index (κ1) is 13.3. The van der Waals surface area contributed by atoms with Crippen LogP contribution in [0, 0.1) is 0 Å². The Kier molecular flexibility index (Phi) is 4.83. The standard InChI is InChI=1S/C14H27NO2/c1-11-12(9-10-17-11)15(2)13-7-5-3-4-6-8-14(13)16/h11-14,16H,3-10H2,1-2H3. The highest BCUT2D eigenvalue weighted by Crippen LogP contribution is 2.27. The Balaban J connectivity index is 1.97. The van der Waals surface area contributed by atoms with Crippen LogP contribution in [0.2, 0.25) is 0 Å². The molecule has 1 aliphatic carbocycles. The molecule has 2 fully saturated rings. The van der Waals surface area contributed by atoms with Gasteiger partial charge in [0.2, 0.25) is 0 Å². The number of ether oxygens (including phenoxy) is 1. The molecule has 4 atom stereocenters. The smallest absolute Gasteiger partial charge is 0.0703 e. The van der Waals surface area contributed by atoms with Crippen LogP contribution in [-0.4, -0.2) is 48.0 Å². The molecular formula is C14H27NO2. The number of aliphatic hydroxyl groups is 1.